The van der Waals surface area contributed by atoms with Crippen LogP contribution in [0.15, 0.2) is 30.3 Å². The average molecular weight is 277 g/mol. The molecule has 0 radical (unpaired) electrons. The SMILES string of the molecule is Cc1cc(C)c(C(=O)c2cccc(F)c2Cl)c(C)c1. The molecule has 2 aromatic carbocycles. The van der Waals surface area contributed by atoms with E-state index in [0.29, 0.717) is 5.56 Å². The summed E-state index contributed by atoms with van der Waals surface area (Å²) in [7, 11) is 0. The number of ketones is 1. The number of carbonyl (C=O) groups excluding carboxylic acids is 1. The predicted octanol–water partition coefficient (Wildman–Crippen LogP) is 4.64. The third-order valence-corrected chi connectivity index (χ3v) is 3.48. The molecule has 2 aromatic rings. The Bertz CT molecular complexity index is 639. The smallest absolute Gasteiger partial charge is 0.195 e. The molecular formula is C16H14ClFO. The van der Waals surface area contributed by atoms with Gasteiger partial charge in [0.25, 0.3) is 0 Å². The zero-order valence-electron chi connectivity index (χ0n) is 11.1. The molecule has 0 heterocycles. The maximum Gasteiger partial charge on any atom is 0.195 e. The van der Waals surface area contributed by atoms with Gasteiger partial charge in [-0.15, -0.1) is 0 Å². The van der Waals surface area contributed by atoms with Gasteiger partial charge in [0, 0.05) is 11.1 Å². The molecular weight excluding hydrogens is 263 g/mol. The Balaban J connectivity index is 2.60. The monoisotopic (exact) mass is 276 g/mol. The summed E-state index contributed by atoms with van der Waals surface area (Å²) < 4.78 is 13.4. The highest BCUT2D eigenvalue weighted by molar-refractivity contribution is 6.35. The van der Waals surface area contributed by atoms with Crippen molar-refractivity contribution in [2.45, 2.75) is 20.8 Å². The zero-order valence-corrected chi connectivity index (χ0v) is 11.8. The summed E-state index contributed by atoms with van der Waals surface area (Å²) in [6.07, 6.45) is 0. The molecule has 3 heteroatoms. The van der Waals surface area contributed by atoms with E-state index in [0.717, 1.165) is 16.7 Å². The van der Waals surface area contributed by atoms with Crippen LogP contribution in [0.3, 0.4) is 0 Å². The van der Waals surface area contributed by atoms with Crippen LogP contribution in [-0.4, -0.2) is 5.78 Å². The van der Waals surface area contributed by atoms with E-state index in [1.807, 2.05) is 32.9 Å². The fourth-order valence-electron chi connectivity index (χ4n) is 2.35. The quantitative estimate of drug-likeness (QED) is 0.731. The fourth-order valence-corrected chi connectivity index (χ4v) is 2.56. The van der Waals surface area contributed by atoms with E-state index in [1.165, 1.54) is 12.1 Å². The van der Waals surface area contributed by atoms with Crippen molar-refractivity contribution >= 4 is 17.4 Å². The highest BCUT2D eigenvalue weighted by Gasteiger charge is 2.19. The first kappa shape index (κ1) is 13.8. The molecule has 0 aliphatic carbocycles. The van der Waals surface area contributed by atoms with Gasteiger partial charge in [0.05, 0.1) is 5.02 Å². The predicted molar refractivity (Wildman–Crippen MR) is 75.5 cm³/mol. The van der Waals surface area contributed by atoms with E-state index < -0.39 is 5.82 Å². The highest BCUT2D eigenvalue weighted by atomic mass is 35.5. The topological polar surface area (TPSA) is 17.1 Å². The van der Waals surface area contributed by atoms with Crippen LogP contribution in [0, 0.1) is 26.6 Å². The molecule has 0 aromatic heterocycles. The zero-order chi connectivity index (χ0) is 14.2. The molecule has 0 aliphatic heterocycles. The number of benzene rings is 2. The van der Waals surface area contributed by atoms with Gasteiger partial charge < -0.3 is 0 Å². The van der Waals surface area contributed by atoms with E-state index in [4.69, 9.17) is 11.6 Å². The van der Waals surface area contributed by atoms with Gasteiger partial charge in [0.2, 0.25) is 0 Å². The van der Waals surface area contributed by atoms with E-state index in [-0.39, 0.29) is 16.4 Å². The Hall–Kier alpha value is -1.67. The Morgan fingerprint density at radius 3 is 2.26 bits per heavy atom. The number of halogens is 2. The molecule has 0 N–H and O–H groups in total. The largest absolute Gasteiger partial charge is 0.289 e. The first-order valence-electron chi connectivity index (χ1n) is 5.98. The fraction of sp³-hybridized carbons (Fsp3) is 0.188. The average Bonchev–Trinajstić information content (AvgIpc) is 2.31. The lowest BCUT2D eigenvalue weighted by Gasteiger charge is -2.11. The molecule has 0 saturated heterocycles. The summed E-state index contributed by atoms with van der Waals surface area (Å²) >= 11 is 5.88. The molecule has 0 fully saturated rings. The van der Waals surface area contributed by atoms with Crippen molar-refractivity contribution in [1.29, 1.82) is 0 Å². The molecule has 0 amide bonds. The molecule has 0 spiro atoms. The van der Waals surface area contributed by atoms with Crippen molar-refractivity contribution in [2.24, 2.45) is 0 Å². The van der Waals surface area contributed by atoms with Gasteiger partial charge in [-0.1, -0.05) is 35.4 Å². The van der Waals surface area contributed by atoms with Crippen molar-refractivity contribution in [3.05, 3.63) is 69.0 Å². The van der Waals surface area contributed by atoms with Crippen LogP contribution in [0.4, 0.5) is 4.39 Å². The number of hydrogen-bond donors (Lipinski definition) is 0. The maximum absolute atomic E-state index is 13.4. The van der Waals surface area contributed by atoms with Crippen LogP contribution < -0.4 is 0 Å². The first-order chi connectivity index (χ1) is 8.91. The minimum absolute atomic E-state index is 0.119. The number of carbonyl (C=O) groups is 1. The maximum atomic E-state index is 13.4. The first-order valence-corrected chi connectivity index (χ1v) is 6.36. The third kappa shape index (κ3) is 2.54. The number of aryl methyl sites for hydroxylation is 3. The van der Waals surface area contributed by atoms with Gasteiger partial charge in [-0.25, -0.2) is 4.39 Å². The summed E-state index contributed by atoms with van der Waals surface area (Å²) in [5.74, 6) is -0.811. The normalized spacial score (nSPS) is 10.6. The minimum atomic E-state index is -0.574. The lowest BCUT2D eigenvalue weighted by Crippen LogP contribution is -2.08. The van der Waals surface area contributed by atoms with Gasteiger partial charge in [0.1, 0.15) is 5.82 Å². The minimum Gasteiger partial charge on any atom is -0.289 e. The summed E-state index contributed by atoms with van der Waals surface area (Å²) in [4.78, 5) is 12.5. The molecule has 0 saturated carbocycles. The summed E-state index contributed by atoms with van der Waals surface area (Å²) in [6, 6.07) is 8.16. The van der Waals surface area contributed by atoms with Crippen molar-refractivity contribution in [3.63, 3.8) is 0 Å². The van der Waals surface area contributed by atoms with E-state index in [1.54, 1.807) is 6.07 Å². The molecule has 0 atom stereocenters. The second-order valence-electron chi connectivity index (χ2n) is 4.70. The van der Waals surface area contributed by atoms with Crippen LogP contribution >= 0.6 is 11.6 Å². The van der Waals surface area contributed by atoms with Gasteiger partial charge >= 0.3 is 0 Å². The highest BCUT2D eigenvalue weighted by Crippen LogP contribution is 2.26. The third-order valence-electron chi connectivity index (χ3n) is 3.10. The Morgan fingerprint density at radius 2 is 1.68 bits per heavy atom. The molecule has 1 nitrogen and oxygen atoms in total. The van der Waals surface area contributed by atoms with Crippen molar-refractivity contribution in [1.82, 2.24) is 0 Å². The van der Waals surface area contributed by atoms with Crippen molar-refractivity contribution < 1.29 is 9.18 Å². The molecule has 19 heavy (non-hydrogen) atoms. The number of hydrogen-bond acceptors (Lipinski definition) is 1. The van der Waals surface area contributed by atoms with Crippen molar-refractivity contribution in [3.8, 4) is 0 Å². The van der Waals surface area contributed by atoms with Crippen LogP contribution in [0.5, 0.6) is 0 Å². The van der Waals surface area contributed by atoms with E-state index >= 15 is 0 Å². The van der Waals surface area contributed by atoms with Gasteiger partial charge in [0.15, 0.2) is 5.78 Å². The lowest BCUT2D eigenvalue weighted by molar-refractivity contribution is 0.103. The van der Waals surface area contributed by atoms with Crippen molar-refractivity contribution in [2.75, 3.05) is 0 Å². The lowest BCUT2D eigenvalue weighted by atomic mass is 9.93. The Morgan fingerprint density at radius 1 is 1.11 bits per heavy atom. The summed E-state index contributed by atoms with van der Waals surface area (Å²) in [5.41, 5.74) is 3.65. The van der Waals surface area contributed by atoms with Crippen LogP contribution in [0.25, 0.3) is 0 Å². The van der Waals surface area contributed by atoms with Crippen LogP contribution in [0.2, 0.25) is 5.02 Å². The molecule has 98 valence electrons. The van der Waals surface area contributed by atoms with Gasteiger partial charge in [-0.3, -0.25) is 4.79 Å². The number of rotatable bonds is 2. The molecule has 0 aliphatic rings. The Labute approximate surface area is 117 Å². The summed E-state index contributed by atoms with van der Waals surface area (Å²) in [6.45, 7) is 5.73. The van der Waals surface area contributed by atoms with Gasteiger partial charge in [-0.2, -0.15) is 0 Å². The summed E-state index contributed by atoms with van der Waals surface area (Å²) in [5, 5.41) is -0.119. The second kappa shape index (κ2) is 5.14. The second-order valence-corrected chi connectivity index (χ2v) is 5.08. The standard InChI is InChI=1S/C16H14ClFO/c1-9-7-10(2)14(11(3)8-9)16(19)12-5-4-6-13(18)15(12)17/h4-8H,1-3H3. The van der Waals surface area contributed by atoms with E-state index in [9.17, 15) is 9.18 Å². The van der Waals surface area contributed by atoms with Crippen LogP contribution in [0.1, 0.15) is 32.6 Å². The van der Waals surface area contributed by atoms with Gasteiger partial charge in [-0.05, 0) is 44.0 Å². The molecule has 0 unspecified atom stereocenters. The molecule has 0 bridgehead atoms. The Kier molecular flexibility index (Phi) is 3.72. The van der Waals surface area contributed by atoms with Crippen LogP contribution in [-0.2, 0) is 0 Å². The van der Waals surface area contributed by atoms with E-state index in [2.05, 4.69) is 0 Å². The molecule has 2 rings (SSSR count).